The van der Waals surface area contributed by atoms with Gasteiger partial charge < -0.3 is 14.4 Å². The fourth-order valence-electron chi connectivity index (χ4n) is 2.34. The summed E-state index contributed by atoms with van der Waals surface area (Å²) >= 11 is 6.29. The van der Waals surface area contributed by atoms with Crippen molar-refractivity contribution in [2.45, 2.75) is 19.9 Å². The molecule has 2 aromatic rings. The summed E-state index contributed by atoms with van der Waals surface area (Å²) in [7, 11) is 3.24. The lowest BCUT2D eigenvalue weighted by atomic mass is 10.1. The van der Waals surface area contributed by atoms with Crippen LogP contribution < -0.4 is 4.74 Å². The van der Waals surface area contributed by atoms with E-state index in [-0.39, 0.29) is 5.91 Å². The maximum absolute atomic E-state index is 12.1. The first kappa shape index (κ1) is 17.5. The van der Waals surface area contributed by atoms with Crippen molar-refractivity contribution >= 4 is 28.4 Å². The molecule has 0 aliphatic rings. The van der Waals surface area contributed by atoms with Gasteiger partial charge in [0.2, 0.25) is 5.91 Å². The minimum absolute atomic E-state index is 0.0591. The van der Waals surface area contributed by atoms with E-state index < -0.39 is 0 Å². The molecule has 0 saturated carbocycles. The molecule has 0 radical (unpaired) electrons. The van der Waals surface area contributed by atoms with Crippen LogP contribution in [0.25, 0.3) is 10.9 Å². The van der Waals surface area contributed by atoms with Crippen molar-refractivity contribution in [1.29, 1.82) is 0 Å². The lowest BCUT2D eigenvalue weighted by molar-refractivity contribution is -0.132. The fraction of sp³-hybridized carbons (Fsp3) is 0.412. The van der Waals surface area contributed by atoms with Gasteiger partial charge in [-0.2, -0.15) is 0 Å². The maximum Gasteiger partial charge on any atom is 0.222 e. The average molecular weight is 337 g/mol. The number of carbonyl (C=O) groups excluding carboxylic acids is 1. The highest BCUT2D eigenvalue weighted by Crippen LogP contribution is 2.25. The SMILES string of the molecule is CCC(=O)N(CCOC)Cc1cc2cc(OC)ccc2nc1Cl. The molecular weight excluding hydrogens is 316 g/mol. The molecule has 0 aliphatic carbocycles. The molecule has 0 unspecified atom stereocenters. The van der Waals surface area contributed by atoms with Gasteiger partial charge in [0.1, 0.15) is 10.9 Å². The Kier molecular flexibility index (Phi) is 6.19. The molecule has 1 amide bonds. The van der Waals surface area contributed by atoms with Gasteiger partial charge >= 0.3 is 0 Å². The summed E-state index contributed by atoms with van der Waals surface area (Å²) in [6, 6.07) is 7.57. The topological polar surface area (TPSA) is 51.7 Å². The first-order chi connectivity index (χ1) is 11.1. The Labute approximate surface area is 141 Å². The molecule has 23 heavy (non-hydrogen) atoms. The van der Waals surface area contributed by atoms with Crippen LogP contribution >= 0.6 is 11.6 Å². The van der Waals surface area contributed by atoms with Crippen LogP contribution in [-0.4, -0.2) is 43.2 Å². The number of hydrogen-bond acceptors (Lipinski definition) is 4. The van der Waals surface area contributed by atoms with Crippen LogP contribution in [0.3, 0.4) is 0 Å². The van der Waals surface area contributed by atoms with Crippen molar-refractivity contribution in [1.82, 2.24) is 9.88 Å². The number of nitrogens with zero attached hydrogens (tertiary/aromatic N) is 2. The summed E-state index contributed by atoms with van der Waals surface area (Å²) in [5.74, 6) is 0.817. The van der Waals surface area contributed by atoms with Crippen molar-refractivity contribution in [3.05, 3.63) is 35.0 Å². The second kappa shape index (κ2) is 8.13. The van der Waals surface area contributed by atoms with Gasteiger partial charge in [-0.25, -0.2) is 4.98 Å². The number of amides is 1. The number of hydrogen-bond donors (Lipinski definition) is 0. The number of rotatable bonds is 7. The largest absolute Gasteiger partial charge is 0.497 e. The number of aromatic nitrogens is 1. The number of benzene rings is 1. The molecule has 0 saturated heterocycles. The van der Waals surface area contributed by atoms with E-state index in [1.54, 1.807) is 19.1 Å². The van der Waals surface area contributed by atoms with E-state index in [9.17, 15) is 4.79 Å². The van der Waals surface area contributed by atoms with Gasteiger partial charge in [-0.15, -0.1) is 0 Å². The number of pyridine rings is 1. The lowest BCUT2D eigenvalue weighted by Gasteiger charge is -2.22. The van der Waals surface area contributed by atoms with E-state index in [0.717, 1.165) is 22.2 Å². The summed E-state index contributed by atoms with van der Waals surface area (Å²) in [5, 5.41) is 1.34. The highest BCUT2D eigenvalue weighted by atomic mass is 35.5. The zero-order chi connectivity index (χ0) is 16.8. The molecule has 1 aromatic heterocycles. The summed E-state index contributed by atoms with van der Waals surface area (Å²) in [6.07, 6.45) is 0.441. The van der Waals surface area contributed by atoms with Crippen LogP contribution in [0.15, 0.2) is 24.3 Å². The summed E-state index contributed by atoms with van der Waals surface area (Å²) in [5.41, 5.74) is 1.61. The second-order valence-corrected chi connectivity index (χ2v) is 5.52. The van der Waals surface area contributed by atoms with Crippen LogP contribution in [0, 0.1) is 0 Å². The quantitative estimate of drug-likeness (QED) is 0.728. The van der Waals surface area contributed by atoms with Gasteiger partial charge in [0.25, 0.3) is 0 Å². The van der Waals surface area contributed by atoms with Gasteiger partial charge in [0.05, 0.1) is 19.2 Å². The molecule has 6 heteroatoms. The Morgan fingerprint density at radius 1 is 1.30 bits per heavy atom. The third-order valence-electron chi connectivity index (χ3n) is 3.63. The second-order valence-electron chi connectivity index (χ2n) is 5.16. The predicted molar refractivity (Wildman–Crippen MR) is 90.9 cm³/mol. The molecular formula is C17H21ClN2O3. The predicted octanol–water partition coefficient (Wildman–Crippen LogP) is 3.28. The molecule has 124 valence electrons. The van der Waals surface area contributed by atoms with Crippen LogP contribution in [0.2, 0.25) is 5.15 Å². The van der Waals surface area contributed by atoms with Crippen LogP contribution in [0.1, 0.15) is 18.9 Å². The number of halogens is 1. The van der Waals surface area contributed by atoms with Crippen molar-refractivity contribution in [2.24, 2.45) is 0 Å². The molecule has 2 rings (SSSR count). The third kappa shape index (κ3) is 4.33. The summed E-state index contributed by atoms with van der Waals surface area (Å²) in [6.45, 7) is 3.26. The Morgan fingerprint density at radius 3 is 2.74 bits per heavy atom. The highest BCUT2D eigenvalue weighted by Gasteiger charge is 2.15. The molecule has 0 bridgehead atoms. The number of ether oxygens (including phenoxy) is 2. The van der Waals surface area contributed by atoms with Crippen molar-refractivity contribution in [2.75, 3.05) is 27.4 Å². The molecule has 0 aliphatic heterocycles. The Hall–Kier alpha value is -1.85. The summed E-state index contributed by atoms with van der Waals surface area (Å²) < 4.78 is 10.3. The zero-order valence-electron chi connectivity index (χ0n) is 13.6. The van der Waals surface area contributed by atoms with Crippen LogP contribution in [0.5, 0.6) is 5.75 Å². The molecule has 0 spiro atoms. The standard InChI is InChI=1S/C17H21ClN2O3/c1-4-16(21)20(7-8-22-2)11-13-9-12-10-14(23-3)5-6-15(12)19-17(13)18/h5-6,9-10H,4,7-8,11H2,1-3H3. The molecule has 1 aromatic carbocycles. The first-order valence-electron chi connectivity index (χ1n) is 7.49. The molecule has 0 fully saturated rings. The van der Waals surface area contributed by atoms with Crippen molar-refractivity contribution in [3.63, 3.8) is 0 Å². The molecule has 5 nitrogen and oxygen atoms in total. The smallest absolute Gasteiger partial charge is 0.222 e. The van der Waals surface area contributed by atoms with E-state index >= 15 is 0 Å². The Balaban J connectivity index is 2.32. The normalized spacial score (nSPS) is 10.8. The van der Waals surface area contributed by atoms with Crippen molar-refractivity contribution < 1.29 is 14.3 Å². The minimum Gasteiger partial charge on any atom is -0.497 e. The fourth-order valence-corrected chi connectivity index (χ4v) is 2.54. The van der Waals surface area contributed by atoms with Gasteiger partial charge in [-0.1, -0.05) is 18.5 Å². The van der Waals surface area contributed by atoms with Crippen molar-refractivity contribution in [3.8, 4) is 5.75 Å². The molecule has 0 atom stereocenters. The van der Waals surface area contributed by atoms with E-state index in [1.165, 1.54) is 0 Å². The van der Waals surface area contributed by atoms with Crippen LogP contribution in [0.4, 0.5) is 0 Å². The third-order valence-corrected chi connectivity index (χ3v) is 3.96. The van der Waals surface area contributed by atoms with E-state index in [1.807, 2.05) is 31.2 Å². The van der Waals surface area contributed by atoms with E-state index in [4.69, 9.17) is 21.1 Å². The average Bonchev–Trinajstić information content (AvgIpc) is 2.57. The lowest BCUT2D eigenvalue weighted by Crippen LogP contribution is -2.33. The van der Waals surface area contributed by atoms with Gasteiger partial charge in [0.15, 0.2) is 0 Å². The van der Waals surface area contributed by atoms with Crippen LogP contribution in [-0.2, 0) is 16.1 Å². The Morgan fingerprint density at radius 2 is 2.09 bits per heavy atom. The molecule has 0 N–H and O–H groups in total. The first-order valence-corrected chi connectivity index (χ1v) is 7.86. The number of methoxy groups -OCH3 is 2. The highest BCUT2D eigenvalue weighted by molar-refractivity contribution is 6.30. The maximum atomic E-state index is 12.1. The van der Waals surface area contributed by atoms with Gasteiger partial charge in [-0.05, 0) is 24.3 Å². The zero-order valence-corrected chi connectivity index (χ0v) is 14.4. The van der Waals surface area contributed by atoms with E-state index in [2.05, 4.69) is 4.98 Å². The summed E-state index contributed by atoms with van der Waals surface area (Å²) in [4.78, 5) is 18.2. The number of carbonyl (C=O) groups is 1. The molecule has 1 heterocycles. The van der Waals surface area contributed by atoms with E-state index in [0.29, 0.717) is 31.3 Å². The Bertz CT molecular complexity index is 691. The monoisotopic (exact) mass is 336 g/mol. The van der Waals surface area contributed by atoms with Gasteiger partial charge in [0, 0.05) is 37.6 Å². The minimum atomic E-state index is 0.0591. The number of fused-ring (bicyclic) bond motifs is 1. The van der Waals surface area contributed by atoms with Gasteiger partial charge in [-0.3, -0.25) is 4.79 Å².